The summed E-state index contributed by atoms with van der Waals surface area (Å²) in [7, 11) is 0. The molecule has 1 saturated heterocycles. The molecule has 0 aromatic heterocycles. The van der Waals surface area contributed by atoms with Crippen LogP contribution in [0.2, 0.25) is 0 Å². The van der Waals surface area contributed by atoms with E-state index in [2.05, 4.69) is 17.7 Å². The van der Waals surface area contributed by atoms with Crippen LogP contribution < -0.4 is 16.6 Å². The van der Waals surface area contributed by atoms with Crippen molar-refractivity contribution in [1.82, 2.24) is 10.7 Å². The van der Waals surface area contributed by atoms with Gasteiger partial charge in [0.05, 0.1) is 0 Å². The normalized spacial score (nSPS) is 26.0. The second-order valence-corrected chi connectivity index (χ2v) is 2.95. The number of piperidine rings is 1. The molecular formula is C6H15N3. The van der Waals surface area contributed by atoms with Gasteiger partial charge < -0.3 is 5.32 Å². The van der Waals surface area contributed by atoms with Crippen molar-refractivity contribution in [1.29, 1.82) is 0 Å². The van der Waals surface area contributed by atoms with Crippen molar-refractivity contribution in [2.75, 3.05) is 13.1 Å². The Kier molecular flexibility index (Phi) is 2.05. The van der Waals surface area contributed by atoms with Crippen LogP contribution in [0.4, 0.5) is 0 Å². The lowest BCUT2D eigenvalue weighted by atomic mass is 9.92. The van der Waals surface area contributed by atoms with Gasteiger partial charge in [-0.25, -0.2) is 0 Å². The lowest BCUT2D eigenvalue weighted by Crippen LogP contribution is -2.53. The first-order valence-electron chi connectivity index (χ1n) is 3.45. The smallest absolute Gasteiger partial charge is 0.0317 e. The second kappa shape index (κ2) is 2.64. The Labute approximate surface area is 56.0 Å². The highest BCUT2D eigenvalue weighted by Gasteiger charge is 2.24. The maximum atomic E-state index is 5.36. The highest BCUT2D eigenvalue weighted by Crippen LogP contribution is 2.14. The summed E-state index contributed by atoms with van der Waals surface area (Å²) in [6.45, 7) is 4.33. The molecule has 1 aliphatic heterocycles. The van der Waals surface area contributed by atoms with E-state index in [-0.39, 0.29) is 5.54 Å². The molecule has 0 saturated carbocycles. The summed E-state index contributed by atoms with van der Waals surface area (Å²) in [5, 5.41) is 3.28. The molecule has 0 bridgehead atoms. The van der Waals surface area contributed by atoms with Crippen LogP contribution in [-0.2, 0) is 0 Å². The summed E-state index contributed by atoms with van der Waals surface area (Å²) in [4.78, 5) is 0. The third-order valence-corrected chi connectivity index (χ3v) is 2.06. The average Bonchev–Trinajstić information content (AvgIpc) is 1.90. The molecule has 4 N–H and O–H groups in total. The van der Waals surface area contributed by atoms with E-state index in [0.717, 1.165) is 25.9 Å². The van der Waals surface area contributed by atoms with Gasteiger partial charge in [-0.15, -0.1) is 0 Å². The standard InChI is InChI=1S/C6H15N3/c1-6(9-7)2-4-8-5-3-6/h8-9H,2-5,7H2,1H3. The number of hydrogen-bond acceptors (Lipinski definition) is 3. The van der Waals surface area contributed by atoms with Gasteiger partial charge in [-0.2, -0.15) is 0 Å². The van der Waals surface area contributed by atoms with Crippen molar-refractivity contribution in [3.8, 4) is 0 Å². The SMILES string of the molecule is CC1(NN)CCNCC1. The van der Waals surface area contributed by atoms with Crippen LogP contribution in [0.3, 0.4) is 0 Å². The quantitative estimate of drug-likeness (QED) is 0.333. The first kappa shape index (κ1) is 6.99. The number of nitrogens with one attached hydrogen (secondary N) is 2. The third kappa shape index (κ3) is 1.64. The lowest BCUT2D eigenvalue weighted by molar-refractivity contribution is 0.270. The van der Waals surface area contributed by atoms with Crippen molar-refractivity contribution < 1.29 is 0 Å². The molecule has 3 heteroatoms. The van der Waals surface area contributed by atoms with Crippen LogP contribution in [0.15, 0.2) is 0 Å². The summed E-state index contributed by atoms with van der Waals surface area (Å²) in [5.41, 5.74) is 3.03. The fraction of sp³-hybridized carbons (Fsp3) is 1.00. The van der Waals surface area contributed by atoms with Crippen molar-refractivity contribution in [3.05, 3.63) is 0 Å². The van der Waals surface area contributed by atoms with Crippen LogP contribution in [0.25, 0.3) is 0 Å². The second-order valence-electron chi connectivity index (χ2n) is 2.95. The third-order valence-electron chi connectivity index (χ3n) is 2.06. The number of hydrogen-bond donors (Lipinski definition) is 3. The Balaban J connectivity index is 2.37. The van der Waals surface area contributed by atoms with Gasteiger partial charge in [0.25, 0.3) is 0 Å². The van der Waals surface area contributed by atoms with Crippen LogP contribution in [0.1, 0.15) is 19.8 Å². The van der Waals surface area contributed by atoms with E-state index in [1.807, 2.05) is 0 Å². The molecule has 9 heavy (non-hydrogen) atoms. The van der Waals surface area contributed by atoms with Gasteiger partial charge in [-0.05, 0) is 32.9 Å². The molecular weight excluding hydrogens is 114 g/mol. The fourth-order valence-corrected chi connectivity index (χ4v) is 1.12. The number of hydrazine groups is 1. The van der Waals surface area contributed by atoms with E-state index >= 15 is 0 Å². The molecule has 1 rings (SSSR count). The Morgan fingerprint density at radius 3 is 2.33 bits per heavy atom. The topological polar surface area (TPSA) is 50.1 Å². The molecule has 1 fully saturated rings. The highest BCUT2D eigenvalue weighted by atomic mass is 15.3. The Morgan fingerprint density at radius 2 is 2.00 bits per heavy atom. The molecule has 0 spiro atoms. The van der Waals surface area contributed by atoms with Crippen LogP contribution in [-0.4, -0.2) is 18.6 Å². The van der Waals surface area contributed by atoms with E-state index < -0.39 is 0 Å². The minimum absolute atomic E-state index is 0.186. The van der Waals surface area contributed by atoms with Gasteiger partial charge in [0.1, 0.15) is 0 Å². The van der Waals surface area contributed by atoms with Gasteiger partial charge in [0.2, 0.25) is 0 Å². The van der Waals surface area contributed by atoms with E-state index in [0.29, 0.717) is 0 Å². The Hall–Kier alpha value is -0.120. The largest absolute Gasteiger partial charge is 0.317 e. The molecule has 0 unspecified atom stereocenters. The predicted molar refractivity (Wildman–Crippen MR) is 37.8 cm³/mol. The maximum Gasteiger partial charge on any atom is 0.0317 e. The van der Waals surface area contributed by atoms with Crippen LogP contribution >= 0.6 is 0 Å². The maximum absolute atomic E-state index is 5.36. The average molecular weight is 129 g/mol. The Bertz CT molecular complexity index is 86.3. The van der Waals surface area contributed by atoms with Gasteiger partial charge >= 0.3 is 0 Å². The van der Waals surface area contributed by atoms with Crippen molar-refractivity contribution in [3.63, 3.8) is 0 Å². The molecule has 0 atom stereocenters. The zero-order valence-electron chi connectivity index (χ0n) is 5.91. The van der Waals surface area contributed by atoms with Crippen molar-refractivity contribution >= 4 is 0 Å². The van der Waals surface area contributed by atoms with Crippen molar-refractivity contribution in [2.24, 2.45) is 5.84 Å². The van der Waals surface area contributed by atoms with Gasteiger partial charge in [0.15, 0.2) is 0 Å². The molecule has 0 radical (unpaired) electrons. The lowest BCUT2D eigenvalue weighted by Gasteiger charge is -2.32. The molecule has 0 aromatic carbocycles. The zero-order chi connectivity index (χ0) is 6.74. The molecule has 1 heterocycles. The zero-order valence-corrected chi connectivity index (χ0v) is 5.91. The van der Waals surface area contributed by atoms with Crippen LogP contribution in [0.5, 0.6) is 0 Å². The van der Waals surface area contributed by atoms with E-state index in [9.17, 15) is 0 Å². The molecule has 3 nitrogen and oxygen atoms in total. The van der Waals surface area contributed by atoms with Crippen molar-refractivity contribution in [2.45, 2.75) is 25.3 Å². The first-order chi connectivity index (χ1) is 4.27. The molecule has 54 valence electrons. The molecule has 0 aliphatic carbocycles. The van der Waals surface area contributed by atoms with E-state index in [4.69, 9.17) is 5.84 Å². The summed E-state index contributed by atoms with van der Waals surface area (Å²) in [5.74, 6) is 5.36. The van der Waals surface area contributed by atoms with E-state index in [1.165, 1.54) is 0 Å². The first-order valence-corrected chi connectivity index (χ1v) is 3.45. The molecule has 1 aliphatic rings. The van der Waals surface area contributed by atoms with Crippen LogP contribution in [0, 0.1) is 0 Å². The summed E-state index contributed by atoms with van der Waals surface area (Å²) < 4.78 is 0. The summed E-state index contributed by atoms with van der Waals surface area (Å²) in [6.07, 6.45) is 2.26. The highest BCUT2D eigenvalue weighted by molar-refractivity contribution is 4.85. The monoisotopic (exact) mass is 129 g/mol. The Morgan fingerprint density at radius 1 is 1.44 bits per heavy atom. The van der Waals surface area contributed by atoms with Gasteiger partial charge in [0, 0.05) is 5.54 Å². The minimum Gasteiger partial charge on any atom is -0.317 e. The number of nitrogens with two attached hydrogens (primary N) is 1. The van der Waals surface area contributed by atoms with Gasteiger partial charge in [-0.1, -0.05) is 0 Å². The summed E-state index contributed by atoms with van der Waals surface area (Å²) >= 11 is 0. The molecule has 0 amide bonds. The summed E-state index contributed by atoms with van der Waals surface area (Å²) in [6, 6.07) is 0. The number of rotatable bonds is 1. The molecule has 0 aromatic rings. The predicted octanol–water partition coefficient (Wildman–Crippen LogP) is -0.408. The minimum atomic E-state index is 0.186. The van der Waals surface area contributed by atoms with E-state index in [1.54, 1.807) is 0 Å². The fourth-order valence-electron chi connectivity index (χ4n) is 1.12. The van der Waals surface area contributed by atoms with Gasteiger partial charge in [-0.3, -0.25) is 11.3 Å².